The lowest BCUT2D eigenvalue weighted by molar-refractivity contribution is 0.0752. The van der Waals surface area contributed by atoms with E-state index in [1.54, 1.807) is 31.3 Å². The Morgan fingerprint density at radius 1 is 0.615 bits per heavy atom. The number of morpholine rings is 2. The Morgan fingerprint density at radius 3 is 1.28 bits per heavy atom. The van der Waals surface area contributed by atoms with E-state index in [0.29, 0.717) is 105 Å². The van der Waals surface area contributed by atoms with Gasteiger partial charge in [0.25, 0.3) is 0 Å². The summed E-state index contributed by atoms with van der Waals surface area (Å²) in [4.78, 5) is 46.8. The van der Waals surface area contributed by atoms with E-state index >= 15 is 0 Å². The summed E-state index contributed by atoms with van der Waals surface area (Å²) in [6.07, 6.45) is 4.80. The summed E-state index contributed by atoms with van der Waals surface area (Å²) in [5, 5.41) is 10.7. The zero-order valence-electron chi connectivity index (χ0n) is 38.2. The molecule has 0 bridgehead atoms. The molecule has 0 spiro atoms. The van der Waals surface area contributed by atoms with Crippen LogP contribution in [0.15, 0.2) is 60.7 Å². The second-order valence-electron chi connectivity index (χ2n) is 17.5. The van der Waals surface area contributed by atoms with Crippen LogP contribution in [-0.4, -0.2) is 126 Å². The topological polar surface area (TPSA) is 227 Å². The van der Waals surface area contributed by atoms with Gasteiger partial charge in [0.1, 0.15) is 21.1 Å². The maximum absolute atomic E-state index is 12.6. The van der Waals surface area contributed by atoms with Gasteiger partial charge in [0, 0.05) is 60.7 Å². The number of hydrogen-bond donors (Lipinski definition) is 4. The molecule has 2 aliphatic heterocycles. The van der Waals surface area contributed by atoms with Gasteiger partial charge in [0.2, 0.25) is 0 Å². The maximum Gasteiger partial charge on any atom is 0.319 e. The fraction of sp³-hybridized carbons (Fsp3) is 0.511. The number of urea groups is 2. The minimum Gasteiger partial charge on any atom is -0.377 e. The van der Waals surface area contributed by atoms with Crippen LogP contribution in [0.5, 0.6) is 0 Å². The summed E-state index contributed by atoms with van der Waals surface area (Å²) in [6.45, 7) is 13.0. The summed E-state index contributed by atoms with van der Waals surface area (Å²) in [5.74, 6) is 2.34. The first kappa shape index (κ1) is 47.5. The first-order chi connectivity index (χ1) is 30.8. The number of ether oxygens (including phenoxy) is 2. The third kappa shape index (κ3) is 10.2. The Balaban J connectivity index is 0.000000194. The van der Waals surface area contributed by atoms with Gasteiger partial charge in [-0.2, -0.15) is 0 Å². The highest BCUT2D eigenvalue weighted by Gasteiger charge is 2.56. The second kappa shape index (κ2) is 18.8. The number of anilines is 4. The SMILES string of the molecule is CCNC(=O)Nc1ccc(-c2nc(N3[C@@H](C)COC[C@@H]3C)cc(C3(S(C)(=O)=O)CC3)n2)cc1.CNC(=O)Nc1ccc(-c2nc(N3[C@@H](C)COC[C@@H]3C)cc(C3(S(C)(=O)=O)CC3)n2)cc1. The number of nitrogens with one attached hydrogen (secondary N) is 4. The van der Waals surface area contributed by atoms with Crippen LogP contribution in [0, 0.1) is 0 Å². The van der Waals surface area contributed by atoms with Crippen LogP contribution in [0.2, 0.25) is 0 Å². The Labute approximate surface area is 381 Å². The zero-order valence-corrected chi connectivity index (χ0v) is 39.8. The van der Waals surface area contributed by atoms with Gasteiger partial charge in [0.15, 0.2) is 31.3 Å². The van der Waals surface area contributed by atoms with Crippen molar-refractivity contribution >= 4 is 54.7 Å². The molecule has 8 rings (SSSR count). The van der Waals surface area contributed by atoms with E-state index in [1.165, 1.54) is 12.5 Å². The van der Waals surface area contributed by atoms with E-state index in [1.807, 2.05) is 43.3 Å². The van der Waals surface area contributed by atoms with Crippen LogP contribution in [0.1, 0.15) is 71.7 Å². The van der Waals surface area contributed by atoms with Crippen molar-refractivity contribution < 1.29 is 35.9 Å². The number of amides is 4. The summed E-state index contributed by atoms with van der Waals surface area (Å²) in [6, 6.07) is 17.9. The molecule has 65 heavy (non-hydrogen) atoms. The number of carbonyl (C=O) groups excluding carboxylic acids is 2. The Morgan fingerprint density at radius 2 is 0.969 bits per heavy atom. The lowest BCUT2D eigenvalue weighted by atomic mass is 10.1. The van der Waals surface area contributed by atoms with E-state index in [2.05, 4.69) is 58.8 Å². The van der Waals surface area contributed by atoms with Gasteiger partial charge >= 0.3 is 12.1 Å². The summed E-state index contributed by atoms with van der Waals surface area (Å²) in [5.41, 5.74) is 3.85. The largest absolute Gasteiger partial charge is 0.377 e. The van der Waals surface area contributed by atoms with E-state index in [9.17, 15) is 26.4 Å². The van der Waals surface area contributed by atoms with Crippen molar-refractivity contribution in [2.75, 3.05) is 73.0 Å². The van der Waals surface area contributed by atoms with Crippen LogP contribution in [0.3, 0.4) is 0 Å². The molecule has 4 fully saturated rings. The fourth-order valence-electron chi connectivity index (χ4n) is 8.57. The summed E-state index contributed by atoms with van der Waals surface area (Å²) in [7, 11) is -5.11. The van der Waals surface area contributed by atoms with E-state index in [0.717, 1.165) is 11.1 Å². The molecule has 2 aromatic carbocycles. The number of hydrogen-bond acceptors (Lipinski definition) is 14. The lowest BCUT2D eigenvalue weighted by Crippen LogP contribution is -2.50. The van der Waals surface area contributed by atoms with Crippen molar-refractivity contribution in [3.8, 4) is 22.8 Å². The molecule has 2 saturated heterocycles. The van der Waals surface area contributed by atoms with E-state index in [4.69, 9.17) is 29.4 Å². The molecule has 4 heterocycles. The monoisotopic (exact) mass is 932 g/mol. The summed E-state index contributed by atoms with van der Waals surface area (Å²) >= 11 is 0. The van der Waals surface area contributed by atoms with Gasteiger partial charge in [-0.3, -0.25) is 0 Å². The van der Waals surface area contributed by atoms with Crippen LogP contribution in [-0.2, 0) is 38.6 Å². The molecule has 350 valence electrons. The highest BCUT2D eigenvalue weighted by atomic mass is 32.2. The normalized spacial score (nSPS) is 22.2. The first-order valence-electron chi connectivity index (χ1n) is 21.9. The fourth-order valence-corrected chi connectivity index (χ4v) is 11.2. The predicted molar refractivity (Wildman–Crippen MR) is 252 cm³/mol. The minimum absolute atomic E-state index is 0.0985. The molecule has 4 atom stereocenters. The third-order valence-corrected chi connectivity index (χ3v) is 16.5. The van der Waals surface area contributed by atoms with Gasteiger partial charge in [-0.15, -0.1) is 0 Å². The van der Waals surface area contributed by atoms with Crippen LogP contribution >= 0.6 is 0 Å². The molecule has 4 amide bonds. The van der Waals surface area contributed by atoms with Gasteiger partial charge in [-0.25, -0.2) is 46.4 Å². The average molecular weight is 933 g/mol. The van der Waals surface area contributed by atoms with Crippen molar-refractivity contribution in [2.24, 2.45) is 0 Å². The standard InChI is InChI=1S/C23H31N5O4S.C22H29N5O4S/c1-5-24-22(29)25-18-8-6-17(7-9-18)21-26-19(23(10-11-23)33(4,30)31)12-20(27-21)28-15(2)13-32-14-16(28)3;1-14-12-31-13-15(2)27(14)19-11-18(22(9-10-22)32(4,29)30)25-20(26-19)16-5-7-17(8-6-16)24-21(28)23-3/h6-9,12,15-16H,5,10-11,13-14H2,1-4H3,(H2,24,25,29);5-8,11,14-15H,9-10,12-13H2,1-4H3,(H2,23,24,28)/t15-,16-;14-,15-/m00/s1. The van der Waals surface area contributed by atoms with Crippen LogP contribution in [0.25, 0.3) is 22.8 Å². The maximum atomic E-state index is 12.6. The molecule has 2 saturated carbocycles. The van der Waals surface area contributed by atoms with E-state index in [-0.39, 0.29) is 36.2 Å². The second-order valence-corrected chi connectivity index (χ2v) is 22.2. The molecule has 0 radical (unpaired) electrons. The zero-order chi connectivity index (χ0) is 46.9. The number of benzene rings is 2. The van der Waals surface area contributed by atoms with Crippen molar-refractivity contribution in [1.29, 1.82) is 0 Å². The van der Waals surface area contributed by atoms with Crippen molar-refractivity contribution in [1.82, 2.24) is 30.6 Å². The van der Waals surface area contributed by atoms with Gasteiger partial charge in [-0.05, 0) is 109 Å². The molecule has 4 aliphatic rings. The number of rotatable bonds is 11. The van der Waals surface area contributed by atoms with Crippen molar-refractivity contribution in [2.45, 2.75) is 94.0 Å². The molecule has 4 N–H and O–H groups in total. The van der Waals surface area contributed by atoms with Crippen LogP contribution < -0.4 is 31.1 Å². The molecular formula is C45H60N10O8S2. The number of aromatic nitrogens is 4. The molecular weight excluding hydrogens is 873 g/mol. The third-order valence-electron chi connectivity index (χ3n) is 12.4. The predicted octanol–water partition coefficient (Wildman–Crippen LogP) is 5.47. The first-order valence-corrected chi connectivity index (χ1v) is 25.7. The van der Waals surface area contributed by atoms with Crippen molar-refractivity contribution in [3.63, 3.8) is 0 Å². The lowest BCUT2D eigenvalue weighted by Gasteiger charge is -2.40. The molecule has 2 aromatic heterocycles. The molecule has 18 nitrogen and oxygen atoms in total. The van der Waals surface area contributed by atoms with Crippen molar-refractivity contribution in [3.05, 3.63) is 72.1 Å². The Hall–Kier alpha value is -5.44. The van der Waals surface area contributed by atoms with Gasteiger partial charge < -0.3 is 40.5 Å². The number of nitrogens with zero attached hydrogens (tertiary/aromatic N) is 6. The van der Waals surface area contributed by atoms with Crippen LogP contribution in [0.4, 0.5) is 32.6 Å². The molecule has 20 heteroatoms. The molecule has 4 aromatic rings. The number of sulfone groups is 2. The minimum atomic E-state index is -3.33. The molecule has 2 aliphatic carbocycles. The Bertz CT molecular complexity index is 2590. The van der Waals surface area contributed by atoms with Gasteiger partial charge in [-0.1, -0.05) is 0 Å². The smallest absolute Gasteiger partial charge is 0.319 e. The highest BCUT2D eigenvalue weighted by molar-refractivity contribution is 7.92. The van der Waals surface area contributed by atoms with Gasteiger partial charge in [0.05, 0.1) is 62.0 Å². The average Bonchev–Trinajstić information content (AvgIpc) is 4.19. The quantitative estimate of drug-likeness (QED) is 0.146. The highest BCUT2D eigenvalue weighted by Crippen LogP contribution is 2.53. The van der Waals surface area contributed by atoms with E-state index < -0.39 is 29.2 Å². The summed E-state index contributed by atoms with van der Waals surface area (Å²) < 4.78 is 59.9. The molecule has 0 unspecified atom stereocenters. The Kier molecular flexibility index (Phi) is 13.8. The number of carbonyl (C=O) groups is 2.